The van der Waals surface area contributed by atoms with Gasteiger partial charge in [-0.25, -0.2) is 0 Å². The van der Waals surface area contributed by atoms with Gasteiger partial charge in [0.2, 0.25) is 5.91 Å². The maximum atomic E-state index is 12.2. The van der Waals surface area contributed by atoms with Gasteiger partial charge in [-0.3, -0.25) is 9.59 Å². The van der Waals surface area contributed by atoms with Crippen molar-refractivity contribution in [1.29, 1.82) is 0 Å². The second-order valence-corrected chi connectivity index (χ2v) is 5.75. The number of carbonyl (C=O) groups is 2. The molecule has 0 spiro atoms. The summed E-state index contributed by atoms with van der Waals surface area (Å²) in [5.74, 6) is -0.436. The minimum Gasteiger partial charge on any atom is -0.385 e. The minimum absolute atomic E-state index is 0.00601. The van der Waals surface area contributed by atoms with Crippen LogP contribution in [0.2, 0.25) is 5.02 Å². The van der Waals surface area contributed by atoms with Gasteiger partial charge in [0.25, 0.3) is 5.91 Å². The van der Waals surface area contributed by atoms with E-state index in [1.165, 1.54) is 4.90 Å². The molecule has 21 heavy (non-hydrogen) atoms. The molecule has 2 amide bonds. The first kappa shape index (κ1) is 17.9. The predicted octanol–water partition coefficient (Wildman–Crippen LogP) is 2.33. The van der Waals surface area contributed by atoms with Gasteiger partial charge in [-0.1, -0.05) is 11.6 Å². The van der Waals surface area contributed by atoms with Gasteiger partial charge in [0.1, 0.15) is 0 Å². The Balaban J connectivity index is 2.50. The molecule has 1 aromatic carbocycles. The van der Waals surface area contributed by atoms with Crippen molar-refractivity contribution in [3.63, 3.8) is 0 Å². The highest BCUT2D eigenvalue weighted by Crippen LogP contribution is 2.23. The van der Waals surface area contributed by atoms with Gasteiger partial charge in [-0.15, -0.1) is 0 Å². The second kappa shape index (κ2) is 9.02. The van der Waals surface area contributed by atoms with Crippen LogP contribution in [0.25, 0.3) is 0 Å². The number of hydrogen-bond donors (Lipinski definition) is 1. The number of hydrogen-bond acceptors (Lipinski definition) is 3. The number of benzene rings is 1. The molecule has 116 valence electrons. The molecule has 0 heterocycles. The number of likely N-dealkylation sites (N-methyl/N-ethyl adjacent to an activating group) is 1. The average Bonchev–Trinajstić information content (AvgIpc) is 2.45. The first-order valence-electron chi connectivity index (χ1n) is 6.42. The molecule has 0 saturated heterocycles. The molecule has 0 aliphatic rings. The fraction of sp³-hybridized carbons (Fsp3) is 0.429. The molecule has 0 aliphatic carbocycles. The van der Waals surface area contributed by atoms with Gasteiger partial charge < -0.3 is 15.0 Å². The van der Waals surface area contributed by atoms with Crippen LogP contribution in [-0.4, -0.2) is 50.6 Å². The molecular weight excluding hydrogens is 360 g/mol. The van der Waals surface area contributed by atoms with Crippen LogP contribution in [0.5, 0.6) is 0 Å². The monoisotopic (exact) mass is 376 g/mol. The van der Waals surface area contributed by atoms with Gasteiger partial charge in [-0.2, -0.15) is 0 Å². The Kier molecular flexibility index (Phi) is 7.71. The highest BCUT2D eigenvalue weighted by molar-refractivity contribution is 9.10. The van der Waals surface area contributed by atoms with Crippen molar-refractivity contribution in [2.24, 2.45) is 0 Å². The van der Waals surface area contributed by atoms with Crippen molar-refractivity contribution in [2.45, 2.75) is 6.42 Å². The van der Waals surface area contributed by atoms with Crippen LogP contribution in [0.15, 0.2) is 22.7 Å². The van der Waals surface area contributed by atoms with E-state index >= 15 is 0 Å². The van der Waals surface area contributed by atoms with Crippen molar-refractivity contribution >= 4 is 39.3 Å². The fourth-order valence-corrected chi connectivity index (χ4v) is 2.13. The van der Waals surface area contributed by atoms with Gasteiger partial charge >= 0.3 is 0 Å². The molecule has 0 aliphatic heterocycles. The highest BCUT2D eigenvalue weighted by atomic mass is 79.9. The van der Waals surface area contributed by atoms with Crippen molar-refractivity contribution in [3.05, 3.63) is 33.3 Å². The quantitative estimate of drug-likeness (QED) is 0.742. The van der Waals surface area contributed by atoms with E-state index in [9.17, 15) is 9.59 Å². The summed E-state index contributed by atoms with van der Waals surface area (Å²) in [6, 6.07) is 4.90. The number of ether oxygens (including phenoxy) is 1. The van der Waals surface area contributed by atoms with Crippen LogP contribution < -0.4 is 5.32 Å². The Labute approximate surface area is 137 Å². The van der Waals surface area contributed by atoms with E-state index in [4.69, 9.17) is 16.3 Å². The Morgan fingerprint density at radius 3 is 2.76 bits per heavy atom. The average molecular weight is 378 g/mol. The van der Waals surface area contributed by atoms with Crippen LogP contribution in [0.4, 0.5) is 0 Å². The summed E-state index contributed by atoms with van der Waals surface area (Å²) in [6.07, 6.45) is 0.740. The predicted molar refractivity (Wildman–Crippen MR) is 85.6 cm³/mol. The van der Waals surface area contributed by atoms with Crippen molar-refractivity contribution < 1.29 is 14.3 Å². The van der Waals surface area contributed by atoms with E-state index in [0.29, 0.717) is 28.2 Å². The first-order chi connectivity index (χ1) is 9.95. The summed E-state index contributed by atoms with van der Waals surface area (Å²) in [6.45, 7) is 1.13. The Hall–Kier alpha value is -1.11. The number of amides is 2. The highest BCUT2D eigenvalue weighted by Gasteiger charge is 2.15. The molecule has 1 rings (SSSR count). The van der Waals surface area contributed by atoms with E-state index in [1.54, 1.807) is 32.4 Å². The molecule has 1 aromatic rings. The molecule has 0 radical (unpaired) electrons. The van der Waals surface area contributed by atoms with Crippen LogP contribution in [0, 0.1) is 0 Å². The van der Waals surface area contributed by atoms with Crippen LogP contribution in [0.1, 0.15) is 16.8 Å². The zero-order valence-corrected chi connectivity index (χ0v) is 14.3. The Bertz CT molecular complexity index is 511. The lowest BCUT2D eigenvalue weighted by Crippen LogP contribution is -2.38. The van der Waals surface area contributed by atoms with Gasteiger partial charge in [0, 0.05) is 37.3 Å². The lowest BCUT2D eigenvalue weighted by molar-refractivity contribution is -0.121. The molecule has 7 heteroatoms. The molecule has 5 nitrogen and oxygen atoms in total. The first-order valence-corrected chi connectivity index (χ1v) is 7.59. The summed E-state index contributed by atoms with van der Waals surface area (Å²) < 4.78 is 5.54. The van der Waals surface area contributed by atoms with Crippen LogP contribution >= 0.6 is 27.5 Å². The summed E-state index contributed by atoms with van der Waals surface area (Å²) in [7, 11) is 3.19. The zero-order valence-electron chi connectivity index (χ0n) is 12.0. The summed E-state index contributed by atoms with van der Waals surface area (Å²) >= 11 is 9.16. The fourth-order valence-electron chi connectivity index (χ4n) is 1.64. The van der Waals surface area contributed by atoms with Crippen molar-refractivity contribution in [2.75, 3.05) is 33.9 Å². The molecule has 0 saturated carbocycles. The topological polar surface area (TPSA) is 58.6 Å². The number of nitrogens with one attached hydrogen (secondary N) is 1. The van der Waals surface area contributed by atoms with Crippen molar-refractivity contribution in [1.82, 2.24) is 10.2 Å². The lowest BCUT2D eigenvalue weighted by atomic mass is 10.2. The van der Waals surface area contributed by atoms with Gasteiger partial charge in [0.05, 0.1) is 11.6 Å². The van der Waals surface area contributed by atoms with E-state index in [-0.39, 0.29) is 18.4 Å². The van der Waals surface area contributed by atoms with Crippen LogP contribution in [-0.2, 0) is 9.53 Å². The SMILES string of the molecule is COCCCNC(=O)CN(C)C(=O)c1ccc(Cl)c(Br)c1. The smallest absolute Gasteiger partial charge is 0.254 e. The van der Waals surface area contributed by atoms with E-state index in [0.717, 1.165) is 6.42 Å². The molecule has 0 fully saturated rings. The number of carbonyl (C=O) groups excluding carboxylic acids is 2. The molecule has 1 N–H and O–H groups in total. The normalized spacial score (nSPS) is 10.3. The van der Waals surface area contributed by atoms with Crippen molar-refractivity contribution in [3.8, 4) is 0 Å². The summed E-state index contributed by atoms with van der Waals surface area (Å²) in [5.41, 5.74) is 0.473. The van der Waals surface area contributed by atoms with Crippen LogP contribution in [0.3, 0.4) is 0 Å². The molecule has 0 aromatic heterocycles. The molecule has 0 atom stereocenters. The number of rotatable bonds is 7. The lowest BCUT2D eigenvalue weighted by Gasteiger charge is -2.17. The zero-order chi connectivity index (χ0) is 15.8. The molecule has 0 unspecified atom stereocenters. The maximum Gasteiger partial charge on any atom is 0.254 e. The number of nitrogens with zero attached hydrogens (tertiary/aromatic N) is 1. The maximum absolute atomic E-state index is 12.2. The molecular formula is C14H18BrClN2O3. The number of halogens is 2. The Morgan fingerprint density at radius 1 is 1.43 bits per heavy atom. The van der Waals surface area contributed by atoms with Gasteiger partial charge in [0.15, 0.2) is 0 Å². The largest absolute Gasteiger partial charge is 0.385 e. The standard InChI is InChI=1S/C14H18BrClN2O3/c1-18(9-13(19)17-6-3-7-21-2)14(20)10-4-5-12(16)11(15)8-10/h4-5,8H,3,6-7,9H2,1-2H3,(H,17,19). The van der Waals surface area contributed by atoms with E-state index < -0.39 is 0 Å². The summed E-state index contributed by atoms with van der Waals surface area (Å²) in [5, 5.41) is 3.26. The minimum atomic E-state index is -0.237. The Morgan fingerprint density at radius 2 is 2.14 bits per heavy atom. The molecule has 0 bridgehead atoms. The van der Waals surface area contributed by atoms with E-state index in [1.807, 2.05) is 0 Å². The van der Waals surface area contributed by atoms with E-state index in [2.05, 4.69) is 21.2 Å². The number of methoxy groups -OCH3 is 1. The second-order valence-electron chi connectivity index (χ2n) is 4.49. The third-order valence-corrected chi connectivity index (χ3v) is 3.96. The summed E-state index contributed by atoms with van der Waals surface area (Å²) in [4.78, 5) is 25.2. The third kappa shape index (κ3) is 6.03. The third-order valence-electron chi connectivity index (χ3n) is 2.74. The van der Waals surface area contributed by atoms with Gasteiger partial charge in [-0.05, 0) is 40.5 Å².